The van der Waals surface area contributed by atoms with E-state index >= 15 is 0 Å². The number of nitrogens with one attached hydrogen (secondary N) is 1. The fourth-order valence-corrected chi connectivity index (χ4v) is 3.64. The van der Waals surface area contributed by atoms with E-state index in [1.54, 1.807) is 0 Å². The molecule has 24 heavy (non-hydrogen) atoms. The molecule has 1 aliphatic heterocycles. The summed E-state index contributed by atoms with van der Waals surface area (Å²) in [5.41, 5.74) is 4.80. The van der Waals surface area contributed by atoms with Crippen LogP contribution in [-0.4, -0.2) is 21.4 Å². The first-order valence-corrected chi connectivity index (χ1v) is 8.33. The van der Waals surface area contributed by atoms with Crippen LogP contribution in [0, 0.1) is 25.2 Å². The summed E-state index contributed by atoms with van der Waals surface area (Å²) in [4.78, 5) is 15.0. The Hall–Kier alpha value is -2.74. The van der Waals surface area contributed by atoms with Crippen molar-refractivity contribution in [3.8, 4) is 6.07 Å². The van der Waals surface area contributed by atoms with E-state index in [9.17, 15) is 4.79 Å². The minimum atomic E-state index is -0.168. The van der Waals surface area contributed by atoms with Crippen LogP contribution < -0.4 is 5.32 Å². The minimum Gasteiger partial charge on any atom is -0.361 e. The van der Waals surface area contributed by atoms with Gasteiger partial charge in [0.25, 0.3) is 5.91 Å². The summed E-state index contributed by atoms with van der Waals surface area (Å²) in [6, 6.07) is 12.3. The molecule has 0 spiro atoms. The number of anilines is 1. The summed E-state index contributed by atoms with van der Waals surface area (Å²) in [7, 11) is 0. The van der Waals surface area contributed by atoms with Crippen molar-refractivity contribution >= 4 is 11.6 Å². The van der Waals surface area contributed by atoms with E-state index in [-0.39, 0.29) is 12.1 Å². The molecule has 1 fully saturated rings. The maximum atomic E-state index is 13.0. The second-order valence-electron chi connectivity index (χ2n) is 6.61. The van der Waals surface area contributed by atoms with Crippen molar-refractivity contribution in [3.63, 3.8) is 0 Å². The molecule has 1 N–H and O–H groups in total. The zero-order valence-corrected chi connectivity index (χ0v) is 13.9. The van der Waals surface area contributed by atoms with Gasteiger partial charge >= 0.3 is 0 Å². The first-order chi connectivity index (χ1) is 11.6. The lowest BCUT2D eigenvalue weighted by Crippen LogP contribution is -2.44. The minimum absolute atomic E-state index is 0.0990. The van der Waals surface area contributed by atoms with Gasteiger partial charge in [-0.15, -0.1) is 0 Å². The SMILES string of the molecule is Cc1cc([C@@H]2Nc3ccccc3C(=O)N2C2CC2)c(C)n1CC#N. The smallest absolute Gasteiger partial charge is 0.258 e. The van der Waals surface area contributed by atoms with E-state index < -0.39 is 0 Å². The number of para-hydroxylation sites is 1. The molecular weight excluding hydrogens is 300 g/mol. The van der Waals surface area contributed by atoms with Gasteiger partial charge in [-0.1, -0.05) is 12.1 Å². The Kier molecular flexibility index (Phi) is 3.34. The van der Waals surface area contributed by atoms with Crippen LogP contribution in [0.2, 0.25) is 0 Å². The largest absolute Gasteiger partial charge is 0.361 e. The molecule has 5 heteroatoms. The van der Waals surface area contributed by atoms with Gasteiger partial charge in [0.2, 0.25) is 0 Å². The predicted molar refractivity (Wildman–Crippen MR) is 91.5 cm³/mol. The van der Waals surface area contributed by atoms with E-state index in [4.69, 9.17) is 5.26 Å². The Morgan fingerprint density at radius 3 is 2.75 bits per heavy atom. The molecule has 0 unspecified atom stereocenters. The van der Waals surface area contributed by atoms with Crippen molar-refractivity contribution in [2.45, 2.75) is 45.4 Å². The van der Waals surface area contributed by atoms with E-state index in [0.29, 0.717) is 12.6 Å². The van der Waals surface area contributed by atoms with Crippen LogP contribution in [0.4, 0.5) is 5.69 Å². The fraction of sp³-hybridized carbons (Fsp3) is 0.368. The third-order valence-corrected chi connectivity index (χ3v) is 5.04. The molecule has 0 bridgehead atoms. The van der Waals surface area contributed by atoms with E-state index in [2.05, 4.69) is 17.5 Å². The zero-order chi connectivity index (χ0) is 16.8. The normalized spacial score (nSPS) is 19.6. The molecule has 1 amide bonds. The Balaban J connectivity index is 1.81. The van der Waals surface area contributed by atoms with Crippen molar-refractivity contribution in [3.05, 3.63) is 52.8 Å². The summed E-state index contributed by atoms with van der Waals surface area (Å²) in [6.07, 6.45) is 1.95. The van der Waals surface area contributed by atoms with Gasteiger partial charge < -0.3 is 14.8 Å². The average Bonchev–Trinajstić information content (AvgIpc) is 3.37. The van der Waals surface area contributed by atoms with Crippen molar-refractivity contribution < 1.29 is 4.79 Å². The number of hydrogen-bond acceptors (Lipinski definition) is 3. The number of nitrogens with zero attached hydrogens (tertiary/aromatic N) is 3. The van der Waals surface area contributed by atoms with Gasteiger partial charge in [0, 0.05) is 28.7 Å². The number of nitriles is 1. The molecule has 5 nitrogen and oxygen atoms in total. The number of fused-ring (bicyclic) bond motifs is 1. The number of benzene rings is 1. The molecule has 1 saturated carbocycles. The van der Waals surface area contributed by atoms with Crippen LogP contribution in [-0.2, 0) is 6.54 Å². The maximum Gasteiger partial charge on any atom is 0.258 e. The first-order valence-electron chi connectivity index (χ1n) is 8.33. The monoisotopic (exact) mass is 320 g/mol. The second kappa shape index (κ2) is 5.41. The average molecular weight is 320 g/mol. The molecule has 122 valence electrons. The fourth-order valence-electron chi connectivity index (χ4n) is 3.64. The van der Waals surface area contributed by atoms with Crippen LogP contribution in [0.3, 0.4) is 0 Å². The number of hydrogen-bond donors (Lipinski definition) is 1. The first kappa shape index (κ1) is 14.8. The Morgan fingerprint density at radius 1 is 1.29 bits per heavy atom. The maximum absolute atomic E-state index is 13.0. The summed E-state index contributed by atoms with van der Waals surface area (Å²) in [5.74, 6) is 0.0990. The highest BCUT2D eigenvalue weighted by Gasteiger charge is 2.42. The predicted octanol–water partition coefficient (Wildman–Crippen LogP) is 3.36. The Bertz CT molecular complexity index is 857. The van der Waals surface area contributed by atoms with Crippen LogP contribution in [0.25, 0.3) is 0 Å². The molecule has 2 aliphatic rings. The zero-order valence-electron chi connectivity index (χ0n) is 13.9. The summed E-state index contributed by atoms with van der Waals surface area (Å²) in [6.45, 7) is 4.36. The van der Waals surface area contributed by atoms with Gasteiger partial charge in [0.15, 0.2) is 0 Å². The van der Waals surface area contributed by atoms with Crippen LogP contribution in [0.1, 0.15) is 46.3 Å². The summed E-state index contributed by atoms with van der Waals surface area (Å²) >= 11 is 0. The second-order valence-corrected chi connectivity index (χ2v) is 6.61. The van der Waals surface area contributed by atoms with Crippen molar-refractivity contribution in [1.82, 2.24) is 9.47 Å². The summed E-state index contributed by atoms with van der Waals surface area (Å²) < 4.78 is 2.01. The van der Waals surface area contributed by atoms with Gasteiger partial charge in [-0.25, -0.2) is 0 Å². The van der Waals surface area contributed by atoms with Crippen LogP contribution in [0.5, 0.6) is 0 Å². The number of carbonyl (C=O) groups excluding carboxylic acids is 1. The number of carbonyl (C=O) groups is 1. The van der Waals surface area contributed by atoms with Gasteiger partial charge in [-0.3, -0.25) is 4.79 Å². The van der Waals surface area contributed by atoms with Crippen molar-refractivity contribution in [1.29, 1.82) is 5.26 Å². The molecule has 1 aliphatic carbocycles. The van der Waals surface area contributed by atoms with Gasteiger partial charge in [-0.2, -0.15) is 5.26 Å². The van der Waals surface area contributed by atoms with Crippen LogP contribution >= 0.6 is 0 Å². The highest BCUT2D eigenvalue weighted by atomic mass is 16.2. The number of amides is 1. The summed E-state index contributed by atoms with van der Waals surface area (Å²) in [5, 5.41) is 12.6. The van der Waals surface area contributed by atoms with E-state index in [1.807, 2.05) is 47.6 Å². The molecule has 1 aromatic carbocycles. The van der Waals surface area contributed by atoms with E-state index in [0.717, 1.165) is 41.0 Å². The standard InChI is InChI=1S/C19H20N4O/c1-12-11-16(13(2)22(12)10-9-20)18-21-17-6-4-3-5-15(17)19(24)23(18)14-7-8-14/h3-6,11,14,18,21H,7-8,10H2,1-2H3/t18-/m1/s1. The third kappa shape index (κ3) is 2.18. The molecule has 0 radical (unpaired) electrons. The van der Waals surface area contributed by atoms with E-state index in [1.165, 1.54) is 0 Å². The lowest BCUT2D eigenvalue weighted by atomic mass is 10.0. The van der Waals surface area contributed by atoms with Crippen molar-refractivity contribution in [2.24, 2.45) is 0 Å². The quantitative estimate of drug-likeness (QED) is 0.943. The lowest BCUT2D eigenvalue weighted by Gasteiger charge is -2.38. The highest BCUT2D eigenvalue weighted by Crippen LogP contribution is 2.41. The molecule has 4 rings (SSSR count). The molecule has 2 heterocycles. The number of aryl methyl sites for hydroxylation is 1. The molecule has 1 atom stereocenters. The van der Waals surface area contributed by atoms with Crippen LogP contribution in [0.15, 0.2) is 30.3 Å². The lowest BCUT2D eigenvalue weighted by molar-refractivity contribution is 0.0666. The van der Waals surface area contributed by atoms with Gasteiger partial charge in [0.05, 0.1) is 11.6 Å². The molecule has 1 aromatic heterocycles. The van der Waals surface area contributed by atoms with Gasteiger partial charge in [0.1, 0.15) is 12.7 Å². The third-order valence-electron chi connectivity index (χ3n) is 5.04. The Morgan fingerprint density at radius 2 is 2.04 bits per heavy atom. The highest BCUT2D eigenvalue weighted by molar-refractivity contribution is 6.02. The Labute approximate surface area is 141 Å². The topological polar surface area (TPSA) is 61.1 Å². The number of rotatable bonds is 3. The molecule has 2 aromatic rings. The molecule has 0 saturated heterocycles. The number of aromatic nitrogens is 1. The van der Waals surface area contributed by atoms with Gasteiger partial charge in [-0.05, 0) is 44.9 Å². The van der Waals surface area contributed by atoms with Crippen molar-refractivity contribution in [2.75, 3.05) is 5.32 Å². The molecular formula is C19H20N4O.